The quantitative estimate of drug-likeness (QED) is 0.621. The molecule has 3 nitrogen and oxygen atoms in total. The lowest BCUT2D eigenvalue weighted by Crippen LogP contribution is -2.16. The van der Waals surface area contributed by atoms with E-state index in [2.05, 4.69) is 16.9 Å². The molecule has 0 unspecified atom stereocenters. The minimum Gasteiger partial charge on any atom is -0.265 e. The van der Waals surface area contributed by atoms with Crippen molar-refractivity contribution in [3.8, 4) is 0 Å². The summed E-state index contributed by atoms with van der Waals surface area (Å²) in [5.41, 5.74) is 0.374. The zero-order valence-electron chi connectivity index (χ0n) is 6.60. The van der Waals surface area contributed by atoms with Crippen molar-refractivity contribution >= 4 is 5.91 Å². The molecule has 1 aromatic rings. The number of hydrogen-bond donors (Lipinski definition) is 0. The standard InChI is InChI=1S/C9H9N2O/c1-2-6-11-9(12)8-5-3-4-7-10-8/h2-5,7H,1,6H2. The number of amides is 1. The predicted octanol–water partition coefficient (Wildman–Crippen LogP) is 1.01. The van der Waals surface area contributed by atoms with Crippen molar-refractivity contribution in [1.82, 2.24) is 10.3 Å². The van der Waals surface area contributed by atoms with Gasteiger partial charge in [-0.2, -0.15) is 0 Å². The Morgan fingerprint density at radius 2 is 2.50 bits per heavy atom. The maximum absolute atomic E-state index is 11.1. The van der Waals surface area contributed by atoms with Gasteiger partial charge in [-0.3, -0.25) is 9.78 Å². The van der Waals surface area contributed by atoms with Gasteiger partial charge in [-0.15, -0.1) is 6.58 Å². The first-order valence-electron chi connectivity index (χ1n) is 3.58. The predicted molar refractivity (Wildman–Crippen MR) is 45.8 cm³/mol. The highest BCUT2D eigenvalue weighted by atomic mass is 16.1. The largest absolute Gasteiger partial charge is 0.291 e. The van der Waals surface area contributed by atoms with Crippen LogP contribution >= 0.6 is 0 Å². The van der Waals surface area contributed by atoms with Crippen molar-refractivity contribution in [3.05, 3.63) is 42.7 Å². The van der Waals surface area contributed by atoms with Crippen LogP contribution in [0.5, 0.6) is 0 Å². The fourth-order valence-corrected chi connectivity index (χ4v) is 0.718. The molecule has 1 amide bonds. The molecule has 0 saturated carbocycles. The van der Waals surface area contributed by atoms with Crippen molar-refractivity contribution in [1.29, 1.82) is 0 Å². The lowest BCUT2D eigenvalue weighted by atomic mass is 10.3. The highest BCUT2D eigenvalue weighted by molar-refractivity contribution is 5.91. The van der Waals surface area contributed by atoms with Crippen LogP contribution in [0.3, 0.4) is 0 Å². The molecule has 0 aliphatic heterocycles. The molecule has 0 aromatic carbocycles. The topological polar surface area (TPSA) is 44.1 Å². The molecule has 0 N–H and O–H groups in total. The molecule has 0 aliphatic carbocycles. The first kappa shape index (κ1) is 8.46. The van der Waals surface area contributed by atoms with Gasteiger partial charge < -0.3 is 0 Å². The molecular formula is C9H9N2O. The van der Waals surface area contributed by atoms with E-state index in [1.807, 2.05) is 0 Å². The molecule has 3 heteroatoms. The maximum atomic E-state index is 11.1. The molecule has 12 heavy (non-hydrogen) atoms. The molecule has 0 spiro atoms. The minimum atomic E-state index is -0.296. The van der Waals surface area contributed by atoms with Crippen LogP contribution in [0.15, 0.2) is 37.1 Å². The number of pyridine rings is 1. The summed E-state index contributed by atoms with van der Waals surface area (Å²) in [7, 11) is 0. The Bertz CT molecular complexity index is 269. The summed E-state index contributed by atoms with van der Waals surface area (Å²) in [4.78, 5) is 15.0. The molecule has 0 bridgehead atoms. The fraction of sp³-hybridized carbons (Fsp3) is 0.111. The molecule has 61 valence electrons. The fourth-order valence-electron chi connectivity index (χ4n) is 0.718. The monoisotopic (exact) mass is 161 g/mol. The molecule has 1 heterocycles. The lowest BCUT2D eigenvalue weighted by molar-refractivity contribution is 0.0948. The van der Waals surface area contributed by atoms with Crippen molar-refractivity contribution in [2.75, 3.05) is 6.54 Å². The van der Waals surface area contributed by atoms with Gasteiger partial charge in [-0.1, -0.05) is 12.1 Å². The average molecular weight is 161 g/mol. The van der Waals surface area contributed by atoms with E-state index < -0.39 is 0 Å². The molecule has 0 aliphatic rings. The van der Waals surface area contributed by atoms with E-state index in [-0.39, 0.29) is 5.91 Å². The summed E-state index contributed by atoms with van der Waals surface area (Å²) in [6.45, 7) is 3.80. The third kappa shape index (κ3) is 2.20. The average Bonchev–Trinajstić information content (AvgIpc) is 2.15. The second-order valence-electron chi connectivity index (χ2n) is 2.15. The molecule has 0 fully saturated rings. The third-order valence-electron chi connectivity index (χ3n) is 1.25. The Hall–Kier alpha value is -1.64. The summed E-state index contributed by atoms with van der Waals surface area (Å²) in [5.74, 6) is -0.296. The van der Waals surface area contributed by atoms with Crippen LogP contribution in [0, 0.1) is 0 Å². The highest BCUT2D eigenvalue weighted by Crippen LogP contribution is 1.92. The number of nitrogens with zero attached hydrogens (tertiary/aromatic N) is 2. The Morgan fingerprint density at radius 3 is 3.08 bits per heavy atom. The third-order valence-corrected chi connectivity index (χ3v) is 1.25. The lowest BCUT2D eigenvalue weighted by Gasteiger charge is -1.96. The van der Waals surface area contributed by atoms with Crippen molar-refractivity contribution in [3.63, 3.8) is 0 Å². The summed E-state index contributed by atoms with van der Waals surface area (Å²) in [5, 5.41) is 3.69. The molecule has 1 radical (unpaired) electrons. The summed E-state index contributed by atoms with van der Waals surface area (Å²) >= 11 is 0. The summed E-state index contributed by atoms with van der Waals surface area (Å²) < 4.78 is 0. The van der Waals surface area contributed by atoms with Crippen LogP contribution in [0.2, 0.25) is 0 Å². The van der Waals surface area contributed by atoms with Crippen LogP contribution in [-0.2, 0) is 0 Å². The normalized spacial score (nSPS) is 9.00. The molecule has 1 aromatic heterocycles. The Kier molecular flexibility index (Phi) is 3.02. The van der Waals surface area contributed by atoms with E-state index >= 15 is 0 Å². The number of carbonyl (C=O) groups excluding carboxylic acids is 1. The molecule has 1 rings (SSSR count). The van der Waals surface area contributed by atoms with E-state index in [0.717, 1.165) is 0 Å². The van der Waals surface area contributed by atoms with Gasteiger partial charge in [-0.25, -0.2) is 5.32 Å². The van der Waals surface area contributed by atoms with Gasteiger partial charge in [0, 0.05) is 6.20 Å². The summed E-state index contributed by atoms with van der Waals surface area (Å²) in [6, 6.07) is 5.14. The number of aromatic nitrogens is 1. The maximum Gasteiger partial charge on any atom is 0.291 e. The minimum absolute atomic E-state index is 0.296. The van der Waals surface area contributed by atoms with Crippen LogP contribution in [0.25, 0.3) is 0 Å². The van der Waals surface area contributed by atoms with Crippen LogP contribution in [-0.4, -0.2) is 17.4 Å². The first-order valence-corrected chi connectivity index (χ1v) is 3.58. The van der Waals surface area contributed by atoms with Gasteiger partial charge in [0.2, 0.25) is 0 Å². The number of carbonyl (C=O) groups is 1. The Morgan fingerprint density at radius 1 is 1.67 bits per heavy atom. The van der Waals surface area contributed by atoms with E-state index in [1.165, 1.54) is 0 Å². The van der Waals surface area contributed by atoms with Gasteiger partial charge in [0.25, 0.3) is 5.91 Å². The highest BCUT2D eigenvalue weighted by Gasteiger charge is 2.04. The second kappa shape index (κ2) is 4.28. The van der Waals surface area contributed by atoms with Gasteiger partial charge in [0.1, 0.15) is 5.69 Å². The molecule has 0 atom stereocenters. The van der Waals surface area contributed by atoms with E-state index in [9.17, 15) is 4.79 Å². The molecule has 0 saturated heterocycles. The van der Waals surface area contributed by atoms with Crippen LogP contribution in [0.4, 0.5) is 0 Å². The SMILES string of the molecule is C=CC[N]C(=O)c1ccccn1. The van der Waals surface area contributed by atoms with E-state index in [1.54, 1.807) is 30.5 Å². The smallest absolute Gasteiger partial charge is 0.265 e. The van der Waals surface area contributed by atoms with Gasteiger partial charge in [-0.05, 0) is 12.1 Å². The molecular weight excluding hydrogens is 152 g/mol. The van der Waals surface area contributed by atoms with E-state index in [0.29, 0.717) is 12.2 Å². The number of rotatable bonds is 3. The van der Waals surface area contributed by atoms with Gasteiger partial charge in [0.15, 0.2) is 0 Å². The van der Waals surface area contributed by atoms with E-state index in [4.69, 9.17) is 0 Å². The Labute approximate surface area is 71.1 Å². The van der Waals surface area contributed by atoms with Crippen LogP contribution < -0.4 is 5.32 Å². The zero-order valence-corrected chi connectivity index (χ0v) is 6.60. The second-order valence-corrected chi connectivity index (χ2v) is 2.15. The first-order chi connectivity index (χ1) is 5.84. The van der Waals surface area contributed by atoms with Gasteiger partial charge in [0.05, 0.1) is 6.54 Å². The summed E-state index contributed by atoms with van der Waals surface area (Å²) in [6.07, 6.45) is 3.14. The zero-order chi connectivity index (χ0) is 8.81. The van der Waals surface area contributed by atoms with Crippen molar-refractivity contribution in [2.45, 2.75) is 0 Å². The number of hydrogen-bond acceptors (Lipinski definition) is 2. The Balaban J connectivity index is 2.59. The van der Waals surface area contributed by atoms with Crippen molar-refractivity contribution in [2.24, 2.45) is 0 Å². The van der Waals surface area contributed by atoms with Gasteiger partial charge >= 0.3 is 0 Å². The van der Waals surface area contributed by atoms with Crippen molar-refractivity contribution < 1.29 is 4.79 Å². The van der Waals surface area contributed by atoms with Crippen LogP contribution in [0.1, 0.15) is 10.5 Å².